The number of para-hydroxylation sites is 1. The third-order valence-corrected chi connectivity index (χ3v) is 5.46. The van der Waals surface area contributed by atoms with Crippen molar-refractivity contribution in [1.29, 1.82) is 0 Å². The molecule has 0 saturated heterocycles. The zero-order chi connectivity index (χ0) is 24.2. The number of imidazole rings is 1. The van der Waals surface area contributed by atoms with Crippen LogP contribution in [-0.4, -0.2) is 32.4 Å². The van der Waals surface area contributed by atoms with Crippen molar-refractivity contribution < 1.29 is 9.59 Å². The Balaban J connectivity index is 1.34. The van der Waals surface area contributed by atoms with Crippen molar-refractivity contribution in [2.24, 2.45) is 4.99 Å². The highest BCUT2D eigenvalue weighted by atomic mass is 16.2. The smallest absolute Gasteiger partial charge is 0.276 e. The van der Waals surface area contributed by atoms with E-state index in [9.17, 15) is 9.59 Å². The van der Waals surface area contributed by atoms with Crippen LogP contribution in [0.3, 0.4) is 0 Å². The molecular formula is C28H21N5O2. The highest BCUT2D eigenvalue weighted by molar-refractivity contribution is 6.15. The summed E-state index contributed by atoms with van der Waals surface area (Å²) in [6.07, 6.45) is 4.55. The lowest BCUT2D eigenvalue weighted by Gasteiger charge is -2.02. The number of amides is 1. The molecule has 2 N–H and O–H groups in total. The number of benzene rings is 2. The van der Waals surface area contributed by atoms with Gasteiger partial charge in [0.2, 0.25) is 5.95 Å². The van der Waals surface area contributed by atoms with Crippen molar-refractivity contribution >= 4 is 34.4 Å². The first kappa shape index (κ1) is 22.0. The third kappa shape index (κ3) is 5.07. The molecule has 2 aromatic carbocycles. The molecule has 0 unspecified atom stereocenters. The van der Waals surface area contributed by atoms with E-state index in [1.807, 2.05) is 43.3 Å². The lowest BCUT2D eigenvalue weighted by atomic mass is 10.0. The molecule has 0 bridgehead atoms. The zero-order valence-electron chi connectivity index (χ0n) is 19.0. The van der Waals surface area contributed by atoms with Crippen molar-refractivity contribution in [3.05, 3.63) is 101 Å². The number of pyridine rings is 1. The van der Waals surface area contributed by atoms with E-state index in [0.29, 0.717) is 28.7 Å². The van der Waals surface area contributed by atoms with E-state index < -0.39 is 5.91 Å². The second kappa shape index (κ2) is 9.57. The van der Waals surface area contributed by atoms with Gasteiger partial charge in [0.15, 0.2) is 5.78 Å². The van der Waals surface area contributed by atoms with Crippen LogP contribution in [0.1, 0.15) is 50.5 Å². The van der Waals surface area contributed by atoms with Crippen molar-refractivity contribution in [3.63, 3.8) is 0 Å². The number of nitrogens with zero attached hydrogens (tertiary/aromatic N) is 3. The Bertz CT molecular complexity index is 1580. The standard InChI is InChI=1S/C28H21N5O2/c1-18-6-2-7-19(16-18)13-14-20-8-3-12-24(30-20)27(35)33-28-31-23-11-4-10-22(26(23)32-28)25(34)17-21-9-5-15-29-21/h2-8,10-12,15-16H,9,17H2,1H3,(H2,31,32,33,35). The lowest BCUT2D eigenvalue weighted by Crippen LogP contribution is -2.15. The molecule has 5 rings (SSSR count). The zero-order valence-corrected chi connectivity index (χ0v) is 19.0. The normalized spacial score (nSPS) is 12.2. The van der Waals surface area contributed by atoms with Gasteiger partial charge in [0.05, 0.1) is 5.52 Å². The van der Waals surface area contributed by atoms with Crippen LogP contribution in [0.2, 0.25) is 0 Å². The van der Waals surface area contributed by atoms with E-state index in [1.54, 1.807) is 36.5 Å². The molecule has 3 heterocycles. The number of aromatic nitrogens is 3. The molecule has 0 radical (unpaired) electrons. The van der Waals surface area contributed by atoms with Crippen molar-refractivity contribution in [1.82, 2.24) is 15.0 Å². The molecule has 0 saturated carbocycles. The minimum atomic E-state index is -0.428. The van der Waals surface area contributed by atoms with Gasteiger partial charge in [0.1, 0.15) is 16.9 Å². The fourth-order valence-corrected chi connectivity index (χ4v) is 3.78. The van der Waals surface area contributed by atoms with Crippen LogP contribution in [0.5, 0.6) is 0 Å². The number of aryl methyl sites for hydroxylation is 1. The largest absolute Gasteiger partial charge is 0.324 e. The molecule has 0 atom stereocenters. The van der Waals surface area contributed by atoms with E-state index in [2.05, 4.69) is 37.1 Å². The van der Waals surface area contributed by atoms with Crippen LogP contribution >= 0.6 is 0 Å². The minimum Gasteiger partial charge on any atom is -0.324 e. The van der Waals surface area contributed by atoms with E-state index in [0.717, 1.165) is 16.8 Å². The van der Waals surface area contributed by atoms with Crippen molar-refractivity contribution in [2.45, 2.75) is 19.8 Å². The fraction of sp³-hybridized carbons (Fsp3) is 0.107. The third-order valence-electron chi connectivity index (χ3n) is 5.46. The molecule has 170 valence electrons. The van der Waals surface area contributed by atoms with Gasteiger partial charge < -0.3 is 4.98 Å². The molecule has 0 spiro atoms. The van der Waals surface area contributed by atoms with Gasteiger partial charge in [-0.1, -0.05) is 36.3 Å². The fourth-order valence-electron chi connectivity index (χ4n) is 3.78. The minimum absolute atomic E-state index is 0.0658. The number of carbonyl (C=O) groups excluding carboxylic acids is 2. The maximum absolute atomic E-state index is 12.8. The average molecular weight is 460 g/mol. The molecule has 35 heavy (non-hydrogen) atoms. The highest BCUT2D eigenvalue weighted by Crippen LogP contribution is 2.21. The number of aliphatic imine (C=N–C) groups is 1. The second-order valence-corrected chi connectivity index (χ2v) is 8.15. The number of fused-ring (bicyclic) bond motifs is 1. The van der Waals surface area contributed by atoms with Crippen molar-refractivity contribution in [2.75, 3.05) is 5.32 Å². The molecule has 0 fully saturated rings. The van der Waals surface area contributed by atoms with Crippen LogP contribution in [0.25, 0.3) is 11.0 Å². The van der Waals surface area contributed by atoms with Crippen LogP contribution in [0.4, 0.5) is 5.95 Å². The maximum atomic E-state index is 12.8. The Morgan fingerprint density at radius 2 is 1.89 bits per heavy atom. The van der Waals surface area contributed by atoms with Gasteiger partial charge in [-0.3, -0.25) is 19.9 Å². The summed E-state index contributed by atoms with van der Waals surface area (Å²) in [5.41, 5.74) is 5.18. The molecular weight excluding hydrogens is 438 g/mol. The predicted octanol–water partition coefficient (Wildman–Crippen LogP) is 4.85. The number of H-pyrrole nitrogens is 1. The van der Waals surface area contributed by atoms with Crippen LogP contribution in [-0.2, 0) is 0 Å². The Morgan fingerprint density at radius 1 is 1.03 bits per heavy atom. The Morgan fingerprint density at radius 3 is 2.71 bits per heavy atom. The summed E-state index contributed by atoms with van der Waals surface area (Å²) in [4.78, 5) is 41.8. The number of hydrogen-bond acceptors (Lipinski definition) is 5. The molecule has 0 aliphatic carbocycles. The number of rotatable bonds is 5. The first-order valence-corrected chi connectivity index (χ1v) is 11.1. The summed E-state index contributed by atoms with van der Waals surface area (Å²) in [6, 6.07) is 18.3. The van der Waals surface area contributed by atoms with Gasteiger partial charge in [-0.15, -0.1) is 0 Å². The number of allylic oxidation sites excluding steroid dienone is 1. The monoisotopic (exact) mass is 459 g/mol. The molecule has 4 aromatic rings. The second-order valence-electron chi connectivity index (χ2n) is 8.15. The predicted molar refractivity (Wildman–Crippen MR) is 136 cm³/mol. The highest BCUT2D eigenvalue weighted by Gasteiger charge is 2.17. The number of ketones is 1. The van der Waals surface area contributed by atoms with Gasteiger partial charge in [-0.25, -0.2) is 9.97 Å². The molecule has 7 heteroatoms. The first-order chi connectivity index (χ1) is 17.0. The number of Topliss-reactive ketones (excluding diaryl/α,β-unsaturated/α-hetero) is 1. The van der Waals surface area contributed by atoms with E-state index >= 15 is 0 Å². The van der Waals surface area contributed by atoms with Crippen LogP contribution in [0, 0.1) is 18.8 Å². The number of aromatic amines is 1. The summed E-state index contributed by atoms with van der Waals surface area (Å²) in [7, 11) is 0. The summed E-state index contributed by atoms with van der Waals surface area (Å²) >= 11 is 0. The molecule has 1 aliphatic heterocycles. The Labute approximate surface area is 202 Å². The van der Waals surface area contributed by atoms with E-state index in [1.165, 1.54) is 0 Å². The van der Waals surface area contributed by atoms with Crippen LogP contribution < -0.4 is 5.32 Å². The Kier molecular flexibility index (Phi) is 6.01. The SMILES string of the molecule is Cc1cccc(C#Cc2cccc(C(=O)Nc3nc4c(C(=O)CC5=NC=CC5)cccc4[nH]3)n2)c1. The van der Waals surface area contributed by atoms with Gasteiger partial charge in [-0.2, -0.15) is 0 Å². The summed E-state index contributed by atoms with van der Waals surface area (Å²) in [5, 5.41) is 2.73. The molecule has 2 aromatic heterocycles. The Hall–Kier alpha value is -4.83. The maximum Gasteiger partial charge on any atom is 0.276 e. The molecule has 7 nitrogen and oxygen atoms in total. The first-order valence-electron chi connectivity index (χ1n) is 11.1. The van der Waals surface area contributed by atoms with Gasteiger partial charge in [-0.05, 0) is 54.8 Å². The van der Waals surface area contributed by atoms with E-state index in [-0.39, 0.29) is 23.8 Å². The number of carbonyl (C=O) groups is 2. The lowest BCUT2D eigenvalue weighted by molar-refractivity contribution is 0.0998. The van der Waals surface area contributed by atoms with Gasteiger partial charge >= 0.3 is 0 Å². The number of nitrogens with one attached hydrogen (secondary N) is 2. The van der Waals surface area contributed by atoms with Gasteiger partial charge in [0, 0.05) is 35.9 Å². The summed E-state index contributed by atoms with van der Waals surface area (Å²) < 4.78 is 0. The summed E-state index contributed by atoms with van der Waals surface area (Å²) in [5.74, 6) is 5.82. The summed E-state index contributed by atoms with van der Waals surface area (Å²) in [6.45, 7) is 2.01. The topological polar surface area (TPSA) is 100 Å². The average Bonchev–Trinajstić information content (AvgIpc) is 3.52. The quantitative estimate of drug-likeness (QED) is 0.329. The van der Waals surface area contributed by atoms with Crippen LogP contribution in [0.15, 0.2) is 77.9 Å². The molecule has 1 aliphatic rings. The molecule has 1 amide bonds. The van der Waals surface area contributed by atoms with Gasteiger partial charge in [0.25, 0.3) is 5.91 Å². The van der Waals surface area contributed by atoms with E-state index in [4.69, 9.17) is 0 Å². The van der Waals surface area contributed by atoms with Crippen molar-refractivity contribution in [3.8, 4) is 11.8 Å². The number of hydrogen-bond donors (Lipinski definition) is 2. The number of anilines is 1.